The van der Waals surface area contributed by atoms with Crippen LogP contribution in [0.2, 0.25) is 0 Å². The van der Waals surface area contributed by atoms with Crippen LogP contribution in [0.3, 0.4) is 0 Å². The van der Waals surface area contributed by atoms with Gasteiger partial charge in [-0.2, -0.15) is 0 Å². The molecule has 1 unspecified atom stereocenters. The highest BCUT2D eigenvalue weighted by Gasteiger charge is 2.25. The lowest BCUT2D eigenvalue weighted by Gasteiger charge is -2.21. The van der Waals surface area contributed by atoms with Crippen molar-refractivity contribution in [3.63, 3.8) is 0 Å². The molecule has 0 radical (unpaired) electrons. The van der Waals surface area contributed by atoms with Gasteiger partial charge in [0.2, 0.25) is 5.91 Å². The summed E-state index contributed by atoms with van der Waals surface area (Å²) in [7, 11) is 0. The fourth-order valence-corrected chi connectivity index (χ4v) is 1.60. The lowest BCUT2D eigenvalue weighted by molar-refractivity contribution is -0.126. The molecule has 0 aliphatic heterocycles. The molecule has 1 amide bonds. The Morgan fingerprint density at radius 2 is 2.24 bits per heavy atom. The molecule has 0 aliphatic rings. The summed E-state index contributed by atoms with van der Waals surface area (Å²) in [6.45, 7) is 3.77. The number of hydrogen-bond acceptors (Lipinski definition) is 2. The molecule has 3 N–H and O–H groups in total. The maximum absolute atomic E-state index is 13.0. The second kappa shape index (κ2) is 5.60. The first kappa shape index (κ1) is 14.1. The molecular weight excluding hydrogens is 287 g/mol. The Bertz CT molecular complexity index is 421. The molecule has 0 aliphatic carbocycles. The molecule has 0 saturated heterocycles. The number of amides is 1. The van der Waals surface area contributed by atoms with Gasteiger partial charge in [-0.1, -0.05) is 22.9 Å². The van der Waals surface area contributed by atoms with E-state index in [4.69, 9.17) is 5.73 Å². The van der Waals surface area contributed by atoms with E-state index >= 15 is 0 Å². The zero-order chi connectivity index (χ0) is 13.1. The van der Waals surface area contributed by atoms with Crippen LogP contribution in [-0.2, 0) is 11.3 Å². The fraction of sp³-hybridized carbons (Fsp3) is 0.417. The molecule has 1 atom stereocenters. The Balaban J connectivity index is 2.68. The topological polar surface area (TPSA) is 55.1 Å². The Morgan fingerprint density at radius 3 is 2.82 bits per heavy atom. The lowest BCUT2D eigenvalue weighted by atomic mass is 9.99. The fourth-order valence-electron chi connectivity index (χ4n) is 1.22. The second-order valence-corrected chi connectivity index (χ2v) is 5.04. The van der Waals surface area contributed by atoms with Gasteiger partial charge in [-0.15, -0.1) is 0 Å². The van der Waals surface area contributed by atoms with Gasteiger partial charge in [0.05, 0.1) is 5.54 Å². The van der Waals surface area contributed by atoms with Crippen LogP contribution in [-0.4, -0.2) is 11.4 Å². The van der Waals surface area contributed by atoms with E-state index in [1.165, 1.54) is 12.1 Å². The highest BCUT2D eigenvalue weighted by molar-refractivity contribution is 9.10. The summed E-state index contributed by atoms with van der Waals surface area (Å²) >= 11 is 3.30. The zero-order valence-corrected chi connectivity index (χ0v) is 11.5. The van der Waals surface area contributed by atoms with Gasteiger partial charge in [-0.05, 0) is 37.1 Å². The van der Waals surface area contributed by atoms with Crippen LogP contribution in [0.5, 0.6) is 0 Å². The Labute approximate surface area is 109 Å². The van der Waals surface area contributed by atoms with Crippen molar-refractivity contribution in [1.82, 2.24) is 5.32 Å². The van der Waals surface area contributed by atoms with E-state index in [-0.39, 0.29) is 18.3 Å². The summed E-state index contributed by atoms with van der Waals surface area (Å²) in [6.07, 6.45) is 0.545. The Kier molecular flexibility index (Phi) is 4.65. The van der Waals surface area contributed by atoms with Gasteiger partial charge >= 0.3 is 0 Å². The molecule has 1 aromatic carbocycles. The summed E-state index contributed by atoms with van der Waals surface area (Å²) in [5.41, 5.74) is 5.59. The first-order valence-corrected chi connectivity index (χ1v) is 6.17. The third-order valence-corrected chi connectivity index (χ3v) is 3.47. The van der Waals surface area contributed by atoms with Crippen molar-refractivity contribution < 1.29 is 9.18 Å². The van der Waals surface area contributed by atoms with Crippen molar-refractivity contribution in [1.29, 1.82) is 0 Å². The molecule has 1 aromatic rings. The summed E-state index contributed by atoms with van der Waals surface area (Å²) in [5.74, 6) is -0.570. The van der Waals surface area contributed by atoms with Crippen LogP contribution in [0.1, 0.15) is 25.8 Å². The van der Waals surface area contributed by atoms with Crippen LogP contribution in [0.25, 0.3) is 0 Å². The van der Waals surface area contributed by atoms with Gasteiger partial charge in [0.1, 0.15) is 5.82 Å². The summed E-state index contributed by atoms with van der Waals surface area (Å²) in [4.78, 5) is 11.7. The van der Waals surface area contributed by atoms with Gasteiger partial charge in [-0.3, -0.25) is 4.79 Å². The first-order valence-electron chi connectivity index (χ1n) is 5.38. The van der Waals surface area contributed by atoms with Gasteiger partial charge in [-0.25, -0.2) is 4.39 Å². The minimum absolute atomic E-state index is 0.240. The van der Waals surface area contributed by atoms with Crippen molar-refractivity contribution in [2.75, 3.05) is 0 Å². The molecule has 94 valence electrons. The van der Waals surface area contributed by atoms with Crippen molar-refractivity contribution in [3.05, 3.63) is 34.1 Å². The summed E-state index contributed by atoms with van der Waals surface area (Å²) in [5, 5.41) is 2.70. The second-order valence-electron chi connectivity index (χ2n) is 4.19. The third-order valence-electron chi connectivity index (χ3n) is 2.70. The SMILES string of the molecule is CCC(C)(N)C(=O)NCc1cc(F)ccc1Br. The average Bonchev–Trinajstić information content (AvgIpc) is 2.29. The largest absolute Gasteiger partial charge is 0.350 e. The average molecular weight is 303 g/mol. The highest BCUT2D eigenvalue weighted by atomic mass is 79.9. The van der Waals surface area contributed by atoms with E-state index in [9.17, 15) is 9.18 Å². The van der Waals surface area contributed by atoms with Crippen molar-refractivity contribution in [2.45, 2.75) is 32.4 Å². The maximum atomic E-state index is 13.0. The lowest BCUT2D eigenvalue weighted by Crippen LogP contribution is -2.50. The van der Waals surface area contributed by atoms with E-state index in [0.717, 1.165) is 4.47 Å². The van der Waals surface area contributed by atoms with Crippen molar-refractivity contribution >= 4 is 21.8 Å². The number of benzene rings is 1. The maximum Gasteiger partial charge on any atom is 0.240 e. The number of halogens is 2. The van der Waals surface area contributed by atoms with E-state index in [1.54, 1.807) is 13.0 Å². The third kappa shape index (κ3) is 3.78. The molecule has 1 rings (SSSR count). The molecule has 0 fully saturated rings. The van der Waals surface area contributed by atoms with Gasteiger partial charge in [0, 0.05) is 11.0 Å². The summed E-state index contributed by atoms with van der Waals surface area (Å²) in [6, 6.07) is 4.34. The quantitative estimate of drug-likeness (QED) is 0.897. The predicted molar refractivity (Wildman–Crippen MR) is 68.8 cm³/mol. The first-order chi connectivity index (χ1) is 7.86. The Hall–Kier alpha value is -0.940. The predicted octanol–water partition coefficient (Wildman–Crippen LogP) is 2.33. The van der Waals surface area contributed by atoms with E-state index in [0.29, 0.717) is 12.0 Å². The number of rotatable bonds is 4. The van der Waals surface area contributed by atoms with Gasteiger partial charge in [0.15, 0.2) is 0 Å². The number of nitrogens with one attached hydrogen (secondary N) is 1. The summed E-state index contributed by atoms with van der Waals surface area (Å²) < 4.78 is 13.8. The molecule has 0 bridgehead atoms. The minimum atomic E-state index is -0.889. The van der Waals surface area contributed by atoms with Crippen molar-refractivity contribution in [3.8, 4) is 0 Å². The van der Waals surface area contributed by atoms with E-state index in [2.05, 4.69) is 21.2 Å². The normalized spacial score (nSPS) is 14.2. The number of carbonyl (C=O) groups is 1. The van der Waals surface area contributed by atoms with Crippen LogP contribution < -0.4 is 11.1 Å². The molecular formula is C12H16BrFN2O. The van der Waals surface area contributed by atoms with Crippen LogP contribution in [0, 0.1) is 5.82 Å². The molecule has 0 aromatic heterocycles. The van der Waals surface area contributed by atoms with Crippen LogP contribution >= 0.6 is 15.9 Å². The van der Waals surface area contributed by atoms with Gasteiger partial charge in [0.25, 0.3) is 0 Å². The van der Waals surface area contributed by atoms with Gasteiger partial charge < -0.3 is 11.1 Å². The standard InChI is InChI=1S/C12H16BrFN2O/c1-3-12(2,15)11(17)16-7-8-6-9(14)4-5-10(8)13/h4-6H,3,7,15H2,1-2H3,(H,16,17). The molecule has 5 heteroatoms. The number of hydrogen-bond donors (Lipinski definition) is 2. The number of carbonyl (C=O) groups excluding carboxylic acids is 1. The minimum Gasteiger partial charge on any atom is -0.350 e. The number of nitrogens with two attached hydrogens (primary N) is 1. The monoisotopic (exact) mass is 302 g/mol. The smallest absolute Gasteiger partial charge is 0.240 e. The molecule has 0 heterocycles. The molecule has 3 nitrogen and oxygen atoms in total. The van der Waals surface area contributed by atoms with Crippen molar-refractivity contribution in [2.24, 2.45) is 5.73 Å². The van der Waals surface area contributed by atoms with E-state index < -0.39 is 5.54 Å². The molecule has 0 spiro atoms. The zero-order valence-electron chi connectivity index (χ0n) is 9.89. The molecule has 0 saturated carbocycles. The van der Waals surface area contributed by atoms with Crippen LogP contribution in [0.15, 0.2) is 22.7 Å². The van der Waals surface area contributed by atoms with E-state index in [1.807, 2.05) is 6.92 Å². The Morgan fingerprint density at radius 1 is 1.59 bits per heavy atom. The highest BCUT2D eigenvalue weighted by Crippen LogP contribution is 2.17. The molecule has 17 heavy (non-hydrogen) atoms. The van der Waals surface area contributed by atoms with Crippen LogP contribution in [0.4, 0.5) is 4.39 Å².